The molecule has 2 rings (SSSR count). The van der Waals surface area contributed by atoms with Crippen LogP contribution in [0, 0.1) is 11.8 Å². The molecule has 0 heterocycles. The summed E-state index contributed by atoms with van der Waals surface area (Å²) in [5.41, 5.74) is 0. The number of carbonyl (C=O) groups excluding carboxylic acids is 1. The van der Waals surface area contributed by atoms with Crippen LogP contribution in [0.25, 0.3) is 0 Å². The smallest absolute Gasteiger partial charge is 0.220 e. The van der Waals surface area contributed by atoms with Crippen molar-refractivity contribution in [1.29, 1.82) is 0 Å². The van der Waals surface area contributed by atoms with E-state index in [-0.39, 0.29) is 12.0 Å². The number of hydrogen-bond acceptors (Lipinski definition) is 2. The molecule has 2 N–H and O–H groups in total. The number of allylic oxidation sites excluding steroid dienone is 2. The van der Waals surface area contributed by atoms with E-state index in [1.807, 2.05) is 0 Å². The predicted octanol–water partition coefficient (Wildman–Crippen LogP) is 2.01. The van der Waals surface area contributed by atoms with Crippen molar-refractivity contribution in [3.8, 4) is 0 Å². The quantitative estimate of drug-likeness (QED) is 0.735. The lowest BCUT2D eigenvalue weighted by atomic mass is 9.87. The van der Waals surface area contributed by atoms with Gasteiger partial charge in [0.1, 0.15) is 0 Å². The van der Waals surface area contributed by atoms with Gasteiger partial charge in [0.05, 0.1) is 6.10 Å². The van der Waals surface area contributed by atoms with Crippen LogP contribution in [-0.2, 0) is 4.79 Å². The average molecular weight is 237 g/mol. The van der Waals surface area contributed by atoms with Crippen LogP contribution in [0.4, 0.5) is 0 Å². The SMILES string of the molecule is O=C(CC1C=CCC1)NCC1CCC(O)CC1. The van der Waals surface area contributed by atoms with Crippen LogP contribution in [0.5, 0.6) is 0 Å². The van der Waals surface area contributed by atoms with Crippen molar-refractivity contribution in [3.63, 3.8) is 0 Å². The van der Waals surface area contributed by atoms with E-state index in [2.05, 4.69) is 17.5 Å². The molecule has 1 atom stereocenters. The Morgan fingerprint density at radius 2 is 2.00 bits per heavy atom. The van der Waals surface area contributed by atoms with Gasteiger partial charge >= 0.3 is 0 Å². The van der Waals surface area contributed by atoms with Crippen LogP contribution in [0.1, 0.15) is 44.9 Å². The summed E-state index contributed by atoms with van der Waals surface area (Å²) in [6.45, 7) is 0.794. The van der Waals surface area contributed by atoms with E-state index in [1.54, 1.807) is 0 Å². The van der Waals surface area contributed by atoms with E-state index in [9.17, 15) is 9.90 Å². The molecule has 1 amide bonds. The van der Waals surface area contributed by atoms with Gasteiger partial charge in [-0.1, -0.05) is 12.2 Å². The molecule has 3 heteroatoms. The first-order chi connectivity index (χ1) is 8.24. The van der Waals surface area contributed by atoms with Gasteiger partial charge in [0, 0.05) is 13.0 Å². The van der Waals surface area contributed by atoms with Crippen LogP contribution >= 0.6 is 0 Å². The van der Waals surface area contributed by atoms with Crippen molar-refractivity contribution >= 4 is 5.91 Å². The standard InChI is InChI=1S/C14H23NO2/c16-13-7-5-12(6-8-13)10-15-14(17)9-11-3-1-2-4-11/h1,3,11-13,16H,2,4-10H2,(H,15,17). The van der Waals surface area contributed by atoms with Crippen LogP contribution in [-0.4, -0.2) is 23.7 Å². The molecule has 0 spiro atoms. The Morgan fingerprint density at radius 3 is 2.65 bits per heavy atom. The Balaban J connectivity index is 1.60. The monoisotopic (exact) mass is 237 g/mol. The molecule has 0 radical (unpaired) electrons. The number of aliphatic hydroxyl groups excluding tert-OH is 1. The molecule has 3 nitrogen and oxygen atoms in total. The summed E-state index contributed by atoms with van der Waals surface area (Å²) in [6.07, 6.45) is 11.0. The molecule has 1 unspecified atom stereocenters. The van der Waals surface area contributed by atoms with E-state index in [0.29, 0.717) is 18.3 Å². The summed E-state index contributed by atoms with van der Waals surface area (Å²) >= 11 is 0. The maximum Gasteiger partial charge on any atom is 0.220 e. The van der Waals surface area contributed by atoms with Gasteiger partial charge < -0.3 is 10.4 Å². The summed E-state index contributed by atoms with van der Waals surface area (Å²) in [6, 6.07) is 0. The van der Waals surface area contributed by atoms with E-state index in [1.165, 1.54) is 0 Å². The van der Waals surface area contributed by atoms with Crippen molar-refractivity contribution in [2.45, 2.75) is 51.0 Å². The summed E-state index contributed by atoms with van der Waals surface area (Å²) in [4.78, 5) is 11.7. The molecule has 2 aliphatic rings. The Hall–Kier alpha value is -0.830. The van der Waals surface area contributed by atoms with Crippen molar-refractivity contribution < 1.29 is 9.90 Å². The molecule has 0 aliphatic heterocycles. The van der Waals surface area contributed by atoms with Gasteiger partial charge in [0.2, 0.25) is 5.91 Å². The van der Waals surface area contributed by atoms with Crippen molar-refractivity contribution in [3.05, 3.63) is 12.2 Å². The molecule has 0 aromatic carbocycles. The topological polar surface area (TPSA) is 49.3 Å². The maximum absolute atomic E-state index is 11.7. The molecule has 2 aliphatic carbocycles. The lowest BCUT2D eigenvalue weighted by Gasteiger charge is -2.25. The Kier molecular flexibility index (Phi) is 4.60. The van der Waals surface area contributed by atoms with E-state index in [4.69, 9.17) is 0 Å². The van der Waals surface area contributed by atoms with Crippen molar-refractivity contribution in [1.82, 2.24) is 5.32 Å². The molecule has 0 bridgehead atoms. The number of nitrogens with one attached hydrogen (secondary N) is 1. The molecule has 0 aromatic heterocycles. The van der Waals surface area contributed by atoms with Gasteiger partial charge in [0.15, 0.2) is 0 Å². The van der Waals surface area contributed by atoms with Crippen molar-refractivity contribution in [2.75, 3.05) is 6.54 Å². The van der Waals surface area contributed by atoms with E-state index in [0.717, 1.165) is 45.1 Å². The largest absolute Gasteiger partial charge is 0.393 e. The fourth-order valence-electron chi connectivity index (χ4n) is 2.78. The highest BCUT2D eigenvalue weighted by Gasteiger charge is 2.20. The van der Waals surface area contributed by atoms with Gasteiger partial charge in [-0.3, -0.25) is 4.79 Å². The zero-order valence-corrected chi connectivity index (χ0v) is 10.4. The van der Waals surface area contributed by atoms with Crippen LogP contribution < -0.4 is 5.32 Å². The molecular weight excluding hydrogens is 214 g/mol. The summed E-state index contributed by atoms with van der Waals surface area (Å²) in [5, 5.41) is 12.4. The Morgan fingerprint density at radius 1 is 1.24 bits per heavy atom. The van der Waals surface area contributed by atoms with Gasteiger partial charge in [-0.05, 0) is 50.4 Å². The second kappa shape index (κ2) is 6.20. The number of amides is 1. The van der Waals surface area contributed by atoms with E-state index < -0.39 is 0 Å². The third-order valence-electron chi connectivity index (χ3n) is 3.96. The van der Waals surface area contributed by atoms with Gasteiger partial charge in [-0.2, -0.15) is 0 Å². The minimum absolute atomic E-state index is 0.106. The lowest BCUT2D eigenvalue weighted by molar-refractivity contribution is -0.121. The number of carbonyl (C=O) groups is 1. The number of rotatable bonds is 4. The summed E-state index contributed by atoms with van der Waals surface area (Å²) in [5.74, 6) is 1.22. The fourth-order valence-corrected chi connectivity index (χ4v) is 2.78. The third kappa shape index (κ3) is 4.15. The number of hydrogen-bond donors (Lipinski definition) is 2. The predicted molar refractivity (Wildman–Crippen MR) is 67.5 cm³/mol. The second-order valence-corrected chi connectivity index (χ2v) is 5.45. The molecule has 96 valence electrons. The summed E-state index contributed by atoms with van der Waals surface area (Å²) < 4.78 is 0. The molecule has 17 heavy (non-hydrogen) atoms. The normalized spacial score (nSPS) is 32.6. The third-order valence-corrected chi connectivity index (χ3v) is 3.96. The number of aliphatic hydroxyl groups is 1. The lowest BCUT2D eigenvalue weighted by Crippen LogP contribution is -2.32. The van der Waals surface area contributed by atoms with Gasteiger partial charge in [-0.15, -0.1) is 0 Å². The maximum atomic E-state index is 11.7. The van der Waals surface area contributed by atoms with Crippen LogP contribution in [0.2, 0.25) is 0 Å². The molecular formula is C14H23NO2. The minimum Gasteiger partial charge on any atom is -0.393 e. The van der Waals surface area contributed by atoms with E-state index >= 15 is 0 Å². The highest BCUT2D eigenvalue weighted by atomic mass is 16.3. The molecule has 0 aromatic rings. The first kappa shape index (κ1) is 12.6. The average Bonchev–Trinajstić information content (AvgIpc) is 2.81. The fraction of sp³-hybridized carbons (Fsp3) is 0.786. The highest BCUT2D eigenvalue weighted by molar-refractivity contribution is 5.76. The van der Waals surface area contributed by atoms with Gasteiger partial charge in [0.25, 0.3) is 0 Å². The highest BCUT2D eigenvalue weighted by Crippen LogP contribution is 2.24. The van der Waals surface area contributed by atoms with Crippen molar-refractivity contribution in [2.24, 2.45) is 11.8 Å². The van der Waals surface area contributed by atoms with Crippen LogP contribution in [0.15, 0.2) is 12.2 Å². The van der Waals surface area contributed by atoms with Crippen LogP contribution in [0.3, 0.4) is 0 Å². The molecule has 1 fully saturated rings. The second-order valence-electron chi connectivity index (χ2n) is 5.45. The molecule has 1 saturated carbocycles. The summed E-state index contributed by atoms with van der Waals surface area (Å²) in [7, 11) is 0. The zero-order valence-electron chi connectivity index (χ0n) is 10.4. The Labute approximate surface area is 103 Å². The molecule has 0 saturated heterocycles. The van der Waals surface area contributed by atoms with Gasteiger partial charge in [-0.25, -0.2) is 0 Å². The zero-order chi connectivity index (χ0) is 12.1. The Bertz CT molecular complexity index is 280. The minimum atomic E-state index is -0.106. The first-order valence-corrected chi connectivity index (χ1v) is 6.85. The first-order valence-electron chi connectivity index (χ1n) is 6.85.